The van der Waals surface area contributed by atoms with E-state index in [-0.39, 0.29) is 0 Å². The highest BCUT2D eigenvalue weighted by Gasteiger charge is 2.07. The molecule has 0 bridgehead atoms. The number of hydrogen-bond acceptors (Lipinski definition) is 2. The molecule has 2 nitrogen and oxygen atoms in total. The van der Waals surface area contributed by atoms with E-state index >= 15 is 0 Å². The molecule has 0 atom stereocenters. The zero-order valence-corrected chi connectivity index (χ0v) is 11.6. The number of nitrogens with zero attached hydrogens (tertiary/aromatic N) is 1. The van der Waals surface area contributed by atoms with Crippen molar-refractivity contribution in [3.63, 3.8) is 0 Å². The van der Waals surface area contributed by atoms with Gasteiger partial charge in [-0.1, -0.05) is 42.5 Å². The lowest BCUT2D eigenvalue weighted by Gasteiger charge is -2.21. The van der Waals surface area contributed by atoms with Crippen LogP contribution in [-0.2, 0) is 13.1 Å². The maximum absolute atomic E-state index is 9.50. The molecule has 0 amide bonds. The van der Waals surface area contributed by atoms with E-state index in [4.69, 9.17) is 11.6 Å². The molecule has 2 rings (SSSR count). The van der Waals surface area contributed by atoms with Crippen LogP contribution in [0.15, 0.2) is 54.6 Å². The summed E-state index contributed by atoms with van der Waals surface area (Å²) in [7, 11) is 0. The first-order valence-corrected chi connectivity index (χ1v) is 6.91. The summed E-state index contributed by atoms with van der Waals surface area (Å²) in [6, 6.07) is 17.7. The quantitative estimate of drug-likeness (QED) is 0.814. The molecule has 0 spiro atoms. The minimum atomic E-state index is 0.308. The smallest absolute Gasteiger partial charge is 0.115 e. The lowest BCUT2D eigenvalue weighted by atomic mass is 10.1. The second kappa shape index (κ2) is 7.17. The third kappa shape index (κ3) is 4.58. The summed E-state index contributed by atoms with van der Waals surface area (Å²) >= 11 is 5.87. The van der Waals surface area contributed by atoms with Crippen molar-refractivity contribution < 1.29 is 5.11 Å². The molecular formula is C16H18ClNO. The third-order valence-corrected chi connectivity index (χ3v) is 3.14. The summed E-state index contributed by atoms with van der Waals surface area (Å²) in [6.07, 6.45) is 0. The third-order valence-electron chi connectivity index (χ3n) is 2.97. The average molecular weight is 276 g/mol. The van der Waals surface area contributed by atoms with Crippen molar-refractivity contribution in [3.8, 4) is 5.75 Å². The van der Waals surface area contributed by atoms with E-state index in [1.54, 1.807) is 12.1 Å². The van der Waals surface area contributed by atoms with Crippen molar-refractivity contribution in [2.75, 3.05) is 12.4 Å². The molecule has 0 unspecified atom stereocenters. The monoisotopic (exact) mass is 275 g/mol. The van der Waals surface area contributed by atoms with Crippen LogP contribution in [0.25, 0.3) is 0 Å². The number of halogens is 1. The minimum absolute atomic E-state index is 0.308. The van der Waals surface area contributed by atoms with Crippen molar-refractivity contribution in [3.05, 3.63) is 65.7 Å². The number of benzene rings is 2. The van der Waals surface area contributed by atoms with Gasteiger partial charge in [-0.05, 0) is 23.3 Å². The summed E-state index contributed by atoms with van der Waals surface area (Å²) in [5, 5.41) is 9.50. The van der Waals surface area contributed by atoms with Gasteiger partial charge in [-0.3, -0.25) is 4.90 Å². The zero-order valence-electron chi connectivity index (χ0n) is 10.8. The summed E-state index contributed by atoms with van der Waals surface area (Å²) < 4.78 is 0. The van der Waals surface area contributed by atoms with Crippen LogP contribution in [0.1, 0.15) is 11.1 Å². The predicted molar refractivity (Wildman–Crippen MR) is 79.4 cm³/mol. The van der Waals surface area contributed by atoms with Crippen molar-refractivity contribution in [1.29, 1.82) is 0 Å². The van der Waals surface area contributed by atoms with Crippen LogP contribution in [0, 0.1) is 0 Å². The predicted octanol–water partition coefficient (Wildman–Crippen LogP) is 3.63. The largest absolute Gasteiger partial charge is 0.508 e. The molecule has 2 aromatic rings. The van der Waals surface area contributed by atoms with Crippen LogP contribution in [0.5, 0.6) is 5.75 Å². The normalized spacial score (nSPS) is 10.8. The lowest BCUT2D eigenvalue weighted by molar-refractivity contribution is 0.273. The number of hydrogen-bond donors (Lipinski definition) is 1. The Hall–Kier alpha value is -1.51. The topological polar surface area (TPSA) is 23.5 Å². The number of phenolic OH excluding ortho intramolecular Hbond substituents is 1. The number of rotatable bonds is 6. The fraction of sp³-hybridized carbons (Fsp3) is 0.250. The van der Waals surface area contributed by atoms with Gasteiger partial charge in [-0.25, -0.2) is 0 Å². The van der Waals surface area contributed by atoms with Crippen molar-refractivity contribution in [2.45, 2.75) is 13.1 Å². The molecule has 0 saturated heterocycles. The van der Waals surface area contributed by atoms with Gasteiger partial charge in [-0.15, -0.1) is 11.6 Å². The van der Waals surface area contributed by atoms with Gasteiger partial charge in [0.2, 0.25) is 0 Å². The maximum atomic E-state index is 9.50. The SMILES string of the molecule is Oc1cccc(CN(CCCl)Cc2ccccc2)c1. The molecule has 0 aliphatic rings. The molecule has 100 valence electrons. The molecule has 2 aromatic carbocycles. The fourth-order valence-electron chi connectivity index (χ4n) is 2.09. The van der Waals surface area contributed by atoms with E-state index in [1.165, 1.54) is 5.56 Å². The Morgan fingerprint density at radius 3 is 2.26 bits per heavy atom. The fourth-order valence-corrected chi connectivity index (χ4v) is 2.33. The second-order valence-corrected chi connectivity index (χ2v) is 4.93. The van der Waals surface area contributed by atoms with Gasteiger partial charge in [-0.2, -0.15) is 0 Å². The van der Waals surface area contributed by atoms with Crippen molar-refractivity contribution >= 4 is 11.6 Å². The summed E-state index contributed by atoms with van der Waals surface area (Å²) in [4.78, 5) is 2.27. The molecule has 0 aliphatic heterocycles. The van der Waals surface area contributed by atoms with Crippen molar-refractivity contribution in [1.82, 2.24) is 4.90 Å². The Morgan fingerprint density at radius 2 is 1.58 bits per heavy atom. The molecule has 0 aromatic heterocycles. The van der Waals surface area contributed by atoms with Crippen LogP contribution in [0.4, 0.5) is 0 Å². The molecule has 19 heavy (non-hydrogen) atoms. The summed E-state index contributed by atoms with van der Waals surface area (Å²) in [5.41, 5.74) is 2.37. The van der Waals surface area contributed by atoms with Crippen LogP contribution in [0.2, 0.25) is 0 Å². The van der Waals surface area contributed by atoms with Crippen LogP contribution in [0.3, 0.4) is 0 Å². The number of phenols is 1. The molecule has 1 N–H and O–H groups in total. The molecule has 0 radical (unpaired) electrons. The van der Waals surface area contributed by atoms with E-state index in [2.05, 4.69) is 17.0 Å². The zero-order chi connectivity index (χ0) is 13.5. The van der Waals surface area contributed by atoms with E-state index < -0.39 is 0 Å². The molecule has 3 heteroatoms. The second-order valence-electron chi connectivity index (χ2n) is 4.56. The minimum Gasteiger partial charge on any atom is -0.508 e. The summed E-state index contributed by atoms with van der Waals surface area (Å²) in [5.74, 6) is 0.911. The summed E-state index contributed by atoms with van der Waals surface area (Å²) in [6.45, 7) is 2.48. The standard InChI is InChI=1S/C16H18ClNO/c17-9-10-18(12-14-5-2-1-3-6-14)13-15-7-4-8-16(19)11-15/h1-8,11,19H,9-10,12-13H2. The Kier molecular flexibility index (Phi) is 5.25. The maximum Gasteiger partial charge on any atom is 0.115 e. The van der Waals surface area contributed by atoms with E-state index in [0.717, 1.165) is 25.2 Å². The number of aromatic hydroxyl groups is 1. The highest BCUT2D eigenvalue weighted by molar-refractivity contribution is 6.18. The van der Waals surface area contributed by atoms with Gasteiger partial charge in [0.1, 0.15) is 5.75 Å². The van der Waals surface area contributed by atoms with Gasteiger partial charge in [0.15, 0.2) is 0 Å². The van der Waals surface area contributed by atoms with Gasteiger partial charge >= 0.3 is 0 Å². The van der Waals surface area contributed by atoms with E-state index in [1.807, 2.05) is 30.3 Å². The van der Waals surface area contributed by atoms with Crippen LogP contribution in [-0.4, -0.2) is 22.4 Å². The average Bonchev–Trinajstić information content (AvgIpc) is 2.40. The Balaban J connectivity index is 2.04. The molecule has 0 fully saturated rings. The van der Waals surface area contributed by atoms with Gasteiger partial charge in [0.25, 0.3) is 0 Å². The van der Waals surface area contributed by atoms with Crippen LogP contribution < -0.4 is 0 Å². The van der Waals surface area contributed by atoms with Gasteiger partial charge in [0, 0.05) is 25.5 Å². The lowest BCUT2D eigenvalue weighted by Crippen LogP contribution is -2.24. The molecule has 0 heterocycles. The molecule has 0 aliphatic carbocycles. The van der Waals surface area contributed by atoms with Gasteiger partial charge in [0.05, 0.1) is 0 Å². The Labute approximate surface area is 119 Å². The van der Waals surface area contributed by atoms with Gasteiger partial charge < -0.3 is 5.11 Å². The first kappa shape index (κ1) is 13.9. The Bertz CT molecular complexity index is 501. The van der Waals surface area contributed by atoms with Crippen LogP contribution >= 0.6 is 11.6 Å². The molecule has 0 saturated carbocycles. The highest BCUT2D eigenvalue weighted by atomic mass is 35.5. The van der Waals surface area contributed by atoms with E-state index in [0.29, 0.717) is 11.6 Å². The first-order chi connectivity index (χ1) is 9.28. The van der Waals surface area contributed by atoms with E-state index in [9.17, 15) is 5.11 Å². The number of alkyl halides is 1. The van der Waals surface area contributed by atoms with Crippen molar-refractivity contribution in [2.24, 2.45) is 0 Å². The molecular weight excluding hydrogens is 258 g/mol. The first-order valence-electron chi connectivity index (χ1n) is 6.38. The highest BCUT2D eigenvalue weighted by Crippen LogP contribution is 2.14. The Morgan fingerprint density at radius 1 is 0.895 bits per heavy atom.